The molecule has 3 atom stereocenters. The summed E-state index contributed by atoms with van der Waals surface area (Å²) >= 11 is 7.72. The molecule has 0 radical (unpaired) electrons. The standard InChI is InChI=1S/C11H20N4O6S2/c12-5(3-22)9(18)13-1-8(17)14-7(4-23)10(19)15-6(2-16)11(20)21/h5-7,16,22-23H,1-4,12H2,(H,13,18)(H,14,17)(H,15,19)(H,20,21). The van der Waals surface area contributed by atoms with Crippen LogP contribution in [0.25, 0.3) is 0 Å². The van der Waals surface area contributed by atoms with Crippen LogP contribution in [0.3, 0.4) is 0 Å². The molecule has 0 fully saturated rings. The van der Waals surface area contributed by atoms with Crippen molar-refractivity contribution in [3.05, 3.63) is 0 Å². The number of carboxylic acid groups (broad SMARTS) is 1. The van der Waals surface area contributed by atoms with Crippen molar-refractivity contribution in [3.8, 4) is 0 Å². The fraction of sp³-hybridized carbons (Fsp3) is 0.636. The summed E-state index contributed by atoms with van der Waals surface area (Å²) in [6, 6.07) is -3.49. The molecular weight excluding hydrogens is 348 g/mol. The fourth-order valence-electron chi connectivity index (χ4n) is 1.28. The Labute approximate surface area is 143 Å². The van der Waals surface area contributed by atoms with Crippen LogP contribution in [0, 0.1) is 0 Å². The van der Waals surface area contributed by atoms with Crippen LogP contribution >= 0.6 is 25.3 Å². The van der Waals surface area contributed by atoms with Gasteiger partial charge in [0.05, 0.1) is 19.2 Å². The molecule has 0 aliphatic heterocycles. The molecule has 0 aliphatic carbocycles. The van der Waals surface area contributed by atoms with Crippen molar-refractivity contribution in [2.24, 2.45) is 5.73 Å². The van der Waals surface area contributed by atoms with Gasteiger partial charge in [-0.05, 0) is 0 Å². The number of rotatable bonds is 10. The van der Waals surface area contributed by atoms with Gasteiger partial charge in [0.25, 0.3) is 0 Å². The van der Waals surface area contributed by atoms with E-state index in [1.165, 1.54) is 0 Å². The second kappa shape index (κ2) is 11.1. The zero-order chi connectivity index (χ0) is 18.0. The molecule has 0 rings (SSSR count). The van der Waals surface area contributed by atoms with Gasteiger partial charge >= 0.3 is 5.97 Å². The molecule has 132 valence electrons. The van der Waals surface area contributed by atoms with Crippen molar-refractivity contribution in [1.82, 2.24) is 16.0 Å². The van der Waals surface area contributed by atoms with Gasteiger partial charge in [0.2, 0.25) is 17.7 Å². The molecule has 10 nitrogen and oxygen atoms in total. The van der Waals surface area contributed by atoms with E-state index in [0.29, 0.717) is 0 Å². The minimum absolute atomic E-state index is 0.104. The third kappa shape index (κ3) is 8.06. The second-order valence-electron chi connectivity index (χ2n) is 4.39. The van der Waals surface area contributed by atoms with Crippen LogP contribution in [0.15, 0.2) is 0 Å². The summed E-state index contributed by atoms with van der Waals surface area (Å²) in [6.45, 7) is -1.22. The van der Waals surface area contributed by atoms with E-state index in [1.54, 1.807) is 0 Å². The summed E-state index contributed by atoms with van der Waals surface area (Å²) in [5.74, 6) is -3.51. The zero-order valence-corrected chi connectivity index (χ0v) is 13.8. The monoisotopic (exact) mass is 368 g/mol. The minimum Gasteiger partial charge on any atom is -0.480 e. The van der Waals surface area contributed by atoms with Crippen molar-refractivity contribution in [3.63, 3.8) is 0 Å². The number of carbonyl (C=O) groups excluding carboxylic acids is 3. The van der Waals surface area contributed by atoms with Crippen LogP contribution < -0.4 is 21.7 Å². The second-order valence-corrected chi connectivity index (χ2v) is 5.12. The number of carboxylic acids is 1. The zero-order valence-electron chi connectivity index (χ0n) is 12.1. The lowest BCUT2D eigenvalue weighted by molar-refractivity contribution is -0.143. The summed E-state index contributed by atoms with van der Waals surface area (Å²) in [6.07, 6.45) is 0. The maximum Gasteiger partial charge on any atom is 0.328 e. The molecule has 0 saturated carbocycles. The van der Waals surface area contributed by atoms with Gasteiger partial charge in [0.15, 0.2) is 0 Å². The molecule has 7 N–H and O–H groups in total. The minimum atomic E-state index is -1.49. The third-order valence-corrected chi connectivity index (χ3v) is 3.35. The van der Waals surface area contributed by atoms with E-state index in [0.717, 1.165) is 0 Å². The summed E-state index contributed by atoms with van der Waals surface area (Å²) in [4.78, 5) is 45.6. The molecule has 0 spiro atoms. The summed E-state index contributed by atoms with van der Waals surface area (Å²) < 4.78 is 0. The topological polar surface area (TPSA) is 171 Å². The molecule has 0 saturated heterocycles. The van der Waals surface area contributed by atoms with Crippen molar-refractivity contribution >= 4 is 48.9 Å². The predicted octanol–water partition coefficient (Wildman–Crippen LogP) is -3.66. The van der Waals surface area contributed by atoms with Crippen LogP contribution in [0.2, 0.25) is 0 Å². The van der Waals surface area contributed by atoms with Crippen LogP contribution in [0.4, 0.5) is 0 Å². The van der Waals surface area contributed by atoms with E-state index in [1.807, 2.05) is 5.32 Å². The normalized spacial score (nSPS) is 14.3. The van der Waals surface area contributed by atoms with E-state index in [-0.39, 0.29) is 11.5 Å². The molecule has 0 bridgehead atoms. The van der Waals surface area contributed by atoms with Crippen LogP contribution in [-0.4, -0.2) is 76.7 Å². The Morgan fingerprint density at radius 1 is 1.00 bits per heavy atom. The largest absolute Gasteiger partial charge is 0.480 e. The summed E-state index contributed by atoms with van der Waals surface area (Å²) in [5, 5.41) is 24.1. The van der Waals surface area contributed by atoms with Crippen molar-refractivity contribution in [2.75, 3.05) is 24.7 Å². The summed E-state index contributed by atoms with van der Waals surface area (Å²) in [5.41, 5.74) is 5.40. The number of nitrogens with one attached hydrogen (secondary N) is 3. The van der Waals surface area contributed by atoms with E-state index in [4.69, 9.17) is 15.9 Å². The number of carbonyl (C=O) groups is 4. The highest BCUT2D eigenvalue weighted by molar-refractivity contribution is 7.80. The summed E-state index contributed by atoms with van der Waals surface area (Å²) in [7, 11) is 0. The van der Waals surface area contributed by atoms with Gasteiger partial charge in [-0.25, -0.2) is 4.79 Å². The maximum absolute atomic E-state index is 11.8. The van der Waals surface area contributed by atoms with Gasteiger partial charge in [-0.3, -0.25) is 14.4 Å². The average Bonchev–Trinajstić information content (AvgIpc) is 2.53. The van der Waals surface area contributed by atoms with E-state index in [2.05, 4.69) is 35.9 Å². The SMILES string of the molecule is NC(CS)C(=O)NCC(=O)NC(CS)C(=O)NC(CO)C(=O)O. The first kappa shape index (κ1) is 21.5. The Hall–Kier alpha value is -1.50. The lowest BCUT2D eigenvalue weighted by atomic mass is 10.2. The molecule has 0 heterocycles. The lowest BCUT2D eigenvalue weighted by Gasteiger charge is -2.19. The highest BCUT2D eigenvalue weighted by Crippen LogP contribution is 1.92. The molecule has 0 aromatic rings. The van der Waals surface area contributed by atoms with Crippen molar-refractivity contribution in [2.45, 2.75) is 18.1 Å². The Morgan fingerprint density at radius 2 is 1.61 bits per heavy atom. The van der Waals surface area contributed by atoms with E-state index < -0.39 is 55.0 Å². The van der Waals surface area contributed by atoms with Gasteiger partial charge < -0.3 is 31.9 Å². The van der Waals surface area contributed by atoms with Gasteiger partial charge in [-0.2, -0.15) is 25.3 Å². The van der Waals surface area contributed by atoms with Gasteiger partial charge in [-0.15, -0.1) is 0 Å². The first-order chi connectivity index (χ1) is 10.8. The molecule has 0 aromatic carbocycles. The molecule has 0 aliphatic rings. The number of hydrogen-bond acceptors (Lipinski definition) is 8. The molecule has 3 amide bonds. The van der Waals surface area contributed by atoms with Gasteiger partial charge in [-0.1, -0.05) is 0 Å². The average molecular weight is 368 g/mol. The van der Waals surface area contributed by atoms with Crippen LogP contribution in [-0.2, 0) is 19.2 Å². The van der Waals surface area contributed by atoms with Crippen LogP contribution in [0.5, 0.6) is 0 Å². The Morgan fingerprint density at radius 3 is 2.04 bits per heavy atom. The molecular formula is C11H20N4O6S2. The Kier molecular flexibility index (Phi) is 10.4. The smallest absolute Gasteiger partial charge is 0.328 e. The highest BCUT2D eigenvalue weighted by atomic mass is 32.1. The third-order valence-electron chi connectivity index (χ3n) is 2.59. The van der Waals surface area contributed by atoms with Crippen molar-refractivity contribution < 1.29 is 29.4 Å². The Balaban J connectivity index is 4.46. The number of aliphatic carboxylic acids is 1. The quantitative estimate of drug-likeness (QED) is 0.184. The molecule has 23 heavy (non-hydrogen) atoms. The first-order valence-corrected chi connectivity index (χ1v) is 7.71. The number of nitrogens with two attached hydrogens (primary N) is 1. The number of amides is 3. The Bertz CT molecular complexity index is 450. The molecule has 12 heteroatoms. The number of thiol groups is 2. The van der Waals surface area contributed by atoms with E-state index >= 15 is 0 Å². The number of hydrogen-bond donors (Lipinski definition) is 8. The highest BCUT2D eigenvalue weighted by Gasteiger charge is 2.25. The van der Waals surface area contributed by atoms with Crippen LogP contribution in [0.1, 0.15) is 0 Å². The van der Waals surface area contributed by atoms with Gasteiger partial charge in [0.1, 0.15) is 12.1 Å². The molecule has 0 aromatic heterocycles. The first-order valence-electron chi connectivity index (χ1n) is 6.45. The molecule has 3 unspecified atom stereocenters. The maximum atomic E-state index is 11.8. The van der Waals surface area contributed by atoms with E-state index in [9.17, 15) is 19.2 Å². The number of aliphatic hydroxyl groups is 1. The van der Waals surface area contributed by atoms with Gasteiger partial charge in [0, 0.05) is 11.5 Å². The lowest BCUT2D eigenvalue weighted by Crippen LogP contribution is -2.55. The predicted molar refractivity (Wildman–Crippen MR) is 87.3 cm³/mol. The van der Waals surface area contributed by atoms with Crippen molar-refractivity contribution in [1.29, 1.82) is 0 Å². The fourth-order valence-corrected chi connectivity index (χ4v) is 1.70. The number of aliphatic hydroxyl groups excluding tert-OH is 1.